The summed E-state index contributed by atoms with van der Waals surface area (Å²) in [6.07, 6.45) is 5.65. The van der Waals surface area contributed by atoms with Gasteiger partial charge in [0.05, 0.1) is 10.9 Å². The third-order valence-electron chi connectivity index (χ3n) is 8.32. The van der Waals surface area contributed by atoms with Gasteiger partial charge in [0.25, 0.3) is 0 Å². The first-order valence-corrected chi connectivity index (χ1v) is 13.3. The average molecular weight is 464 g/mol. The third-order valence-corrected chi connectivity index (χ3v) is 8.32. The maximum absolute atomic E-state index is 8.85. The van der Waals surface area contributed by atoms with Crippen LogP contribution < -0.4 is 4.57 Å². The molecular formula is C34H40N+. The van der Waals surface area contributed by atoms with Crippen molar-refractivity contribution in [1.82, 2.24) is 0 Å². The van der Waals surface area contributed by atoms with Gasteiger partial charge in [-0.1, -0.05) is 76.2 Å². The van der Waals surface area contributed by atoms with Crippen molar-refractivity contribution in [2.45, 2.75) is 72.1 Å². The first kappa shape index (κ1) is 22.5. The molecule has 4 aromatic rings. The molecule has 1 nitrogen and oxygen atoms in total. The van der Waals surface area contributed by atoms with Crippen LogP contribution in [-0.4, -0.2) is 0 Å². The van der Waals surface area contributed by atoms with Gasteiger partial charge in [0.15, 0.2) is 6.17 Å². The van der Waals surface area contributed by atoms with Gasteiger partial charge in [0.2, 0.25) is 5.69 Å². The fourth-order valence-electron chi connectivity index (χ4n) is 6.02. The van der Waals surface area contributed by atoms with Crippen LogP contribution in [0.3, 0.4) is 0 Å². The lowest BCUT2D eigenvalue weighted by molar-refractivity contribution is -0.659. The van der Waals surface area contributed by atoms with Crippen molar-refractivity contribution in [2.24, 2.45) is 12.5 Å². The Morgan fingerprint density at radius 1 is 0.914 bits per heavy atom. The molecule has 1 heterocycles. The number of fused-ring (bicyclic) bond motifs is 1. The Balaban J connectivity index is 1.69. The van der Waals surface area contributed by atoms with Gasteiger partial charge >= 0.3 is 0 Å². The maximum Gasteiger partial charge on any atom is 0.220 e. The van der Waals surface area contributed by atoms with Gasteiger partial charge in [-0.25, -0.2) is 4.57 Å². The highest BCUT2D eigenvalue weighted by atomic mass is 14.9. The molecule has 0 unspecified atom stereocenters. The molecule has 0 atom stereocenters. The van der Waals surface area contributed by atoms with E-state index in [1.165, 1.54) is 69.8 Å². The van der Waals surface area contributed by atoms with Gasteiger partial charge in [-0.15, -0.1) is 0 Å². The van der Waals surface area contributed by atoms with Crippen LogP contribution in [0.4, 0.5) is 0 Å². The van der Waals surface area contributed by atoms with E-state index in [0.29, 0.717) is 23.4 Å². The molecule has 0 spiro atoms. The number of nitrogens with zero attached hydrogens (tertiary/aromatic N) is 1. The molecule has 0 bridgehead atoms. The molecule has 0 amide bonds. The van der Waals surface area contributed by atoms with Crippen LogP contribution in [0.5, 0.6) is 0 Å². The molecule has 0 saturated heterocycles. The molecule has 1 aliphatic rings. The number of hydrogen-bond donors (Lipinski definition) is 0. The maximum atomic E-state index is 8.85. The zero-order chi connectivity index (χ0) is 25.6. The van der Waals surface area contributed by atoms with Crippen LogP contribution in [0.25, 0.3) is 33.2 Å². The van der Waals surface area contributed by atoms with Crippen LogP contribution >= 0.6 is 0 Å². The Morgan fingerprint density at radius 3 is 2.31 bits per heavy atom. The summed E-state index contributed by atoms with van der Waals surface area (Å²) in [6, 6.07) is 24.5. The molecule has 1 aromatic heterocycles. The molecule has 1 saturated carbocycles. The van der Waals surface area contributed by atoms with Crippen LogP contribution in [0.1, 0.15) is 83.3 Å². The Hall–Kier alpha value is -2.93. The van der Waals surface area contributed by atoms with E-state index < -0.39 is 0 Å². The second-order valence-electron chi connectivity index (χ2n) is 11.7. The van der Waals surface area contributed by atoms with Crippen LogP contribution in [0.2, 0.25) is 0 Å². The monoisotopic (exact) mass is 463 g/mol. The Bertz CT molecular complexity index is 1400. The lowest BCUT2D eigenvalue weighted by atomic mass is 9.71. The Labute approximate surface area is 213 Å². The van der Waals surface area contributed by atoms with E-state index >= 15 is 0 Å². The summed E-state index contributed by atoms with van der Waals surface area (Å²) in [7, 11) is 2.04. The molecule has 180 valence electrons. The summed E-state index contributed by atoms with van der Waals surface area (Å²) in [5, 5.41) is 2.42. The number of pyridine rings is 1. The van der Waals surface area contributed by atoms with Crippen molar-refractivity contribution in [3.05, 3.63) is 89.6 Å². The predicted octanol–water partition coefficient (Wildman–Crippen LogP) is 9.11. The van der Waals surface area contributed by atoms with E-state index in [9.17, 15) is 0 Å². The summed E-state index contributed by atoms with van der Waals surface area (Å²) in [4.78, 5) is 0. The van der Waals surface area contributed by atoms with Crippen LogP contribution in [0, 0.1) is 12.3 Å². The molecule has 1 aliphatic carbocycles. The molecule has 0 aliphatic heterocycles. The van der Waals surface area contributed by atoms with E-state index in [1.54, 1.807) is 0 Å². The molecule has 0 N–H and O–H groups in total. The first-order valence-electron chi connectivity index (χ1n) is 13.8. The molecular weight excluding hydrogens is 422 g/mol. The van der Waals surface area contributed by atoms with E-state index in [-0.39, 0.29) is 0 Å². The fraction of sp³-hybridized carbons (Fsp3) is 0.382. The van der Waals surface area contributed by atoms with Gasteiger partial charge in [0, 0.05) is 6.07 Å². The topological polar surface area (TPSA) is 3.88 Å². The van der Waals surface area contributed by atoms with Gasteiger partial charge in [-0.05, 0) is 95.2 Å². The smallest absolute Gasteiger partial charge is 0.200 e. The SMILES string of the molecule is [2H]c1cc2cc(C3CCC(C)(C)CC3)ccc2c(-c2cc(-c3ccccc3)cc(C(C)C)c2C)[n+]1C. The Morgan fingerprint density at radius 2 is 1.63 bits per heavy atom. The van der Waals surface area contributed by atoms with E-state index in [2.05, 4.69) is 106 Å². The highest BCUT2D eigenvalue weighted by Crippen LogP contribution is 2.43. The summed E-state index contributed by atoms with van der Waals surface area (Å²) in [5.74, 6) is 1.05. The summed E-state index contributed by atoms with van der Waals surface area (Å²) in [6.45, 7) is 11.6. The number of aromatic nitrogens is 1. The second kappa shape index (κ2) is 9.26. The average Bonchev–Trinajstić information content (AvgIpc) is 2.85. The van der Waals surface area contributed by atoms with Crippen molar-refractivity contribution in [2.75, 3.05) is 0 Å². The summed E-state index contributed by atoms with van der Waals surface area (Å²) < 4.78 is 10.9. The summed E-state index contributed by atoms with van der Waals surface area (Å²) >= 11 is 0. The number of benzene rings is 3. The fourth-order valence-corrected chi connectivity index (χ4v) is 6.02. The number of hydrogen-bond acceptors (Lipinski definition) is 0. The largest absolute Gasteiger partial charge is 0.220 e. The van der Waals surface area contributed by atoms with Crippen molar-refractivity contribution < 1.29 is 5.94 Å². The zero-order valence-corrected chi connectivity index (χ0v) is 22.3. The Kier molecular flexibility index (Phi) is 5.96. The first-order chi connectivity index (χ1) is 17.1. The third kappa shape index (κ3) is 4.66. The minimum Gasteiger partial charge on any atom is -0.200 e. The lowest BCUT2D eigenvalue weighted by Gasteiger charge is -2.34. The molecule has 35 heavy (non-hydrogen) atoms. The van der Waals surface area contributed by atoms with Gasteiger partial charge in [-0.2, -0.15) is 0 Å². The predicted molar refractivity (Wildman–Crippen MR) is 150 cm³/mol. The number of rotatable bonds is 4. The minimum absolute atomic E-state index is 0.422. The van der Waals surface area contributed by atoms with E-state index in [4.69, 9.17) is 1.37 Å². The molecule has 3 aromatic carbocycles. The van der Waals surface area contributed by atoms with Crippen LogP contribution in [-0.2, 0) is 7.05 Å². The van der Waals surface area contributed by atoms with E-state index in [1.807, 2.05) is 7.05 Å². The van der Waals surface area contributed by atoms with Gasteiger partial charge < -0.3 is 0 Å². The quantitative estimate of drug-likeness (QED) is 0.266. The summed E-state index contributed by atoms with van der Waals surface area (Å²) in [5.41, 5.74) is 9.44. The standard InChI is InChI=1S/C34H40N/c1-23(2)31-21-29(25-10-8-7-9-11-25)22-32(24(31)3)33-30-13-12-27(20-28(30)16-19-35(33)6)26-14-17-34(4,5)18-15-26/h7-13,16,19-23,26H,14-15,17-18H2,1-6H3/q+1/i19D. The molecule has 1 fully saturated rings. The van der Waals surface area contributed by atoms with Gasteiger partial charge in [0.1, 0.15) is 8.42 Å². The van der Waals surface area contributed by atoms with Crippen molar-refractivity contribution >= 4 is 10.8 Å². The van der Waals surface area contributed by atoms with Gasteiger partial charge in [-0.3, -0.25) is 0 Å². The highest BCUT2D eigenvalue weighted by Gasteiger charge is 2.28. The van der Waals surface area contributed by atoms with E-state index in [0.717, 1.165) is 5.69 Å². The zero-order valence-electron chi connectivity index (χ0n) is 23.3. The minimum atomic E-state index is 0.422. The van der Waals surface area contributed by atoms with Crippen LogP contribution in [0.15, 0.2) is 72.9 Å². The molecule has 5 rings (SSSR count). The van der Waals surface area contributed by atoms with Crippen molar-refractivity contribution in [1.29, 1.82) is 0 Å². The van der Waals surface area contributed by atoms with Crippen molar-refractivity contribution in [3.63, 3.8) is 0 Å². The normalized spacial score (nSPS) is 16.6. The lowest BCUT2D eigenvalue weighted by Crippen LogP contribution is -2.31. The molecule has 1 heteroatoms. The molecule has 0 radical (unpaired) electrons. The van der Waals surface area contributed by atoms with Crippen molar-refractivity contribution in [3.8, 4) is 22.4 Å². The second-order valence-corrected chi connectivity index (χ2v) is 11.7. The highest BCUT2D eigenvalue weighted by molar-refractivity contribution is 5.95.